The zero-order valence-electron chi connectivity index (χ0n) is 15.7. The van der Waals surface area contributed by atoms with E-state index in [1.165, 1.54) is 12.2 Å². The van der Waals surface area contributed by atoms with Crippen LogP contribution in [0.25, 0.3) is 11.0 Å². The average Bonchev–Trinajstić information content (AvgIpc) is 3.24. The van der Waals surface area contributed by atoms with E-state index in [1.54, 1.807) is 13.4 Å². The normalized spacial score (nSPS) is 29.9. The number of aromatic nitrogens is 3. The van der Waals surface area contributed by atoms with Gasteiger partial charge in [-0.3, -0.25) is 9.63 Å². The molecule has 0 bridgehead atoms. The number of hydrogen-bond donors (Lipinski definition) is 0. The topological polar surface area (TPSA) is 78.7 Å². The number of amides is 1. The summed E-state index contributed by atoms with van der Waals surface area (Å²) in [7, 11) is 3.10. The molecule has 0 aromatic carbocycles. The van der Waals surface area contributed by atoms with Gasteiger partial charge in [-0.15, -0.1) is 0 Å². The van der Waals surface area contributed by atoms with Crippen molar-refractivity contribution in [1.82, 2.24) is 19.6 Å². The molecule has 1 unspecified atom stereocenters. The fourth-order valence-corrected chi connectivity index (χ4v) is 4.16. The van der Waals surface area contributed by atoms with Crippen LogP contribution in [0.15, 0.2) is 18.6 Å². The summed E-state index contributed by atoms with van der Waals surface area (Å²) < 4.78 is 14.4. The second kappa shape index (κ2) is 6.00. The third kappa shape index (κ3) is 2.60. The number of hydrogen-bond acceptors (Lipinski definition) is 6. The van der Waals surface area contributed by atoms with Gasteiger partial charge in [-0.2, -0.15) is 0 Å². The van der Waals surface area contributed by atoms with Gasteiger partial charge < -0.3 is 14.0 Å². The van der Waals surface area contributed by atoms with Gasteiger partial charge in [-0.05, 0) is 33.3 Å². The first-order valence-corrected chi connectivity index (χ1v) is 8.78. The van der Waals surface area contributed by atoms with Crippen LogP contribution in [0.1, 0.15) is 32.0 Å². The highest BCUT2D eigenvalue weighted by molar-refractivity contribution is 5.80. The maximum absolute atomic E-state index is 12.8. The first-order chi connectivity index (χ1) is 12.3. The van der Waals surface area contributed by atoms with Crippen molar-refractivity contribution in [2.24, 2.45) is 5.92 Å². The van der Waals surface area contributed by atoms with Gasteiger partial charge in [0.15, 0.2) is 5.79 Å². The summed E-state index contributed by atoms with van der Waals surface area (Å²) in [6.07, 6.45) is 3.62. The highest BCUT2D eigenvalue weighted by atomic mass is 16.8. The third-order valence-corrected chi connectivity index (χ3v) is 5.40. The van der Waals surface area contributed by atoms with E-state index in [0.717, 1.165) is 16.7 Å². The lowest BCUT2D eigenvalue weighted by Gasteiger charge is -2.25. The van der Waals surface area contributed by atoms with E-state index >= 15 is 0 Å². The van der Waals surface area contributed by atoms with E-state index in [4.69, 9.17) is 14.3 Å². The highest BCUT2D eigenvalue weighted by Crippen LogP contribution is 2.48. The molecule has 1 saturated carbocycles. The molecule has 1 aliphatic carbocycles. The second-order valence-electron chi connectivity index (χ2n) is 7.41. The number of fused-ring (bicyclic) bond motifs is 2. The number of carbonyl (C=O) groups excluding carboxylic acids is 1. The Morgan fingerprint density at radius 3 is 2.81 bits per heavy atom. The summed E-state index contributed by atoms with van der Waals surface area (Å²) in [5, 5.41) is 2.27. The van der Waals surface area contributed by atoms with Gasteiger partial charge in [-0.25, -0.2) is 15.0 Å². The Morgan fingerprint density at radius 2 is 2.08 bits per heavy atom. The van der Waals surface area contributed by atoms with Gasteiger partial charge >= 0.3 is 0 Å². The Labute approximate surface area is 152 Å². The van der Waals surface area contributed by atoms with E-state index < -0.39 is 5.79 Å². The molecule has 2 aromatic rings. The number of hydroxylamine groups is 2. The molecule has 2 aliphatic rings. The molecular formula is C18H24N4O4. The van der Waals surface area contributed by atoms with E-state index in [2.05, 4.69) is 14.5 Å². The molecule has 26 heavy (non-hydrogen) atoms. The Hall–Kier alpha value is -2.03. The fourth-order valence-electron chi connectivity index (χ4n) is 4.16. The summed E-state index contributed by atoms with van der Waals surface area (Å²) in [4.78, 5) is 26.6. The van der Waals surface area contributed by atoms with Gasteiger partial charge in [0, 0.05) is 18.6 Å². The maximum atomic E-state index is 12.8. The average molecular weight is 360 g/mol. The van der Waals surface area contributed by atoms with Crippen molar-refractivity contribution >= 4 is 16.9 Å². The third-order valence-electron chi connectivity index (χ3n) is 5.40. The lowest BCUT2D eigenvalue weighted by molar-refractivity contribution is -0.184. The Balaban J connectivity index is 1.74. The molecule has 0 spiro atoms. The molecule has 0 N–H and O–H groups in total. The molecule has 1 amide bonds. The van der Waals surface area contributed by atoms with Crippen LogP contribution in [0.3, 0.4) is 0 Å². The molecule has 1 saturated heterocycles. The lowest BCUT2D eigenvalue weighted by Crippen LogP contribution is -2.38. The van der Waals surface area contributed by atoms with Crippen molar-refractivity contribution in [2.75, 3.05) is 14.2 Å². The van der Waals surface area contributed by atoms with Crippen LogP contribution in [0.4, 0.5) is 0 Å². The minimum Gasteiger partial charge on any atom is -0.344 e. The number of carbonyl (C=O) groups is 1. The van der Waals surface area contributed by atoms with E-state index in [1.807, 2.05) is 33.0 Å². The number of ether oxygens (including phenoxy) is 2. The molecule has 140 valence electrons. The molecule has 2 fully saturated rings. The lowest BCUT2D eigenvalue weighted by atomic mass is 10.0. The quantitative estimate of drug-likeness (QED) is 0.777. The summed E-state index contributed by atoms with van der Waals surface area (Å²) in [6, 6.07) is 1.96. The molecule has 4 atom stereocenters. The van der Waals surface area contributed by atoms with E-state index in [9.17, 15) is 4.79 Å². The van der Waals surface area contributed by atoms with Crippen molar-refractivity contribution in [3.05, 3.63) is 24.3 Å². The van der Waals surface area contributed by atoms with E-state index in [-0.39, 0.29) is 30.1 Å². The molecule has 2 aromatic heterocycles. The summed E-state index contributed by atoms with van der Waals surface area (Å²) in [6.45, 7) is 5.72. The smallest absolute Gasteiger partial charge is 0.251 e. The van der Waals surface area contributed by atoms with Crippen molar-refractivity contribution < 1.29 is 19.1 Å². The second-order valence-corrected chi connectivity index (χ2v) is 7.41. The SMILES string of the molecule is CON(C)C(=O)[C@H]1CC(n2ccc3c(C)ncnc32)[C@@H]2OC(C)(C)O[C@H]12. The maximum Gasteiger partial charge on any atom is 0.251 e. The van der Waals surface area contributed by atoms with Gasteiger partial charge in [0.1, 0.15) is 24.2 Å². The van der Waals surface area contributed by atoms with Crippen LogP contribution in [0.5, 0.6) is 0 Å². The predicted octanol–water partition coefficient (Wildman–Crippen LogP) is 1.84. The zero-order valence-corrected chi connectivity index (χ0v) is 15.7. The van der Waals surface area contributed by atoms with Gasteiger partial charge in [0.25, 0.3) is 5.91 Å². The molecule has 1 aliphatic heterocycles. The van der Waals surface area contributed by atoms with Crippen molar-refractivity contribution in [1.29, 1.82) is 0 Å². The number of aryl methyl sites for hydroxylation is 1. The fraction of sp³-hybridized carbons (Fsp3) is 0.611. The summed E-state index contributed by atoms with van der Waals surface area (Å²) in [5.74, 6) is -1.17. The Morgan fingerprint density at radius 1 is 1.35 bits per heavy atom. The van der Waals surface area contributed by atoms with Crippen LogP contribution in [0, 0.1) is 12.8 Å². The van der Waals surface area contributed by atoms with Crippen molar-refractivity contribution in [3.8, 4) is 0 Å². The van der Waals surface area contributed by atoms with Crippen LogP contribution >= 0.6 is 0 Å². The number of rotatable bonds is 3. The molecule has 4 rings (SSSR count). The van der Waals surface area contributed by atoms with E-state index in [0.29, 0.717) is 6.42 Å². The molecule has 8 nitrogen and oxygen atoms in total. The first-order valence-electron chi connectivity index (χ1n) is 8.78. The molecule has 8 heteroatoms. The standard InChI is InChI=1S/C18H24N4O4/c1-10-11-6-7-22(16(11)20-9-19-10)13-8-12(17(23)21(4)24-5)14-15(13)26-18(2,3)25-14/h6-7,9,12-15H,8H2,1-5H3/t12-,13?,14+,15-/m0/s1. The largest absolute Gasteiger partial charge is 0.344 e. The van der Waals surface area contributed by atoms with Crippen LogP contribution in [-0.4, -0.2) is 57.7 Å². The van der Waals surface area contributed by atoms with Crippen LogP contribution < -0.4 is 0 Å². The molecule has 3 heterocycles. The highest BCUT2D eigenvalue weighted by Gasteiger charge is 2.57. The summed E-state index contributed by atoms with van der Waals surface area (Å²) in [5.41, 5.74) is 1.78. The Kier molecular flexibility index (Phi) is 4.02. The first kappa shape index (κ1) is 17.4. The molecular weight excluding hydrogens is 336 g/mol. The predicted molar refractivity (Wildman–Crippen MR) is 93.0 cm³/mol. The van der Waals surface area contributed by atoms with Gasteiger partial charge in [0.05, 0.1) is 24.8 Å². The van der Waals surface area contributed by atoms with Gasteiger partial charge in [-0.1, -0.05) is 0 Å². The van der Waals surface area contributed by atoms with Gasteiger partial charge in [0.2, 0.25) is 0 Å². The van der Waals surface area contributed by atoms with Crippen LogP contribution in [0.2, 0.25) is 0 Å². The van der Waals surface area contributed by atoms with Crippen molar-refractivity contribution in [2.45, 2.75) is 51.2 Å². The van der Waals surface area contributed by atoms with Crippen molar-refractivity contribution in [3.63, 3.8) is 0 Å². The zero-order chi connectivity index (χ0) is 18.6. The minimum absolute atomic E-state index is 0.0484. The Bertz CT molecular complexity index is 849. The number of nitrogens with zero attached hydrogens (tertiary/aromatic N) is 4. The summed E-state index contributed by atoms with van der Waals surface area (Å²) >= 11 is 0. The van der Waals surface area contributed by atoms with Crippen LogP contribution in [-0.2, 0) is 19.1 Å². The monoisotopic (exact) mass is 360 g/mol. The minimum atomic E-state index is -0.730. The molecule has 0 radical (unpaired) electrons.